The van der Waals surface area contributed by atoms with Crippen molar-refractivity contribution in [1.29, 1.82) is 0 Å². The summed E-state index contributed by atoms with van der Waals surface area (Å²) in [6.07, 6.45) is 10.2. The number of ketones is 1. The second-order valence-corrected chi connectivity index (χ2v) is 3.26. The summed E-state index contributed by atoms with van der Waals surface area (Å²) in [5.41, 5.74) is 0. The van der Waals surface area contributed by atoms with Crippen molar-refractivity contribution in [2.75, 3.05) is 7.11 Å². The van der Waals surface area contributed by atoms with E-state index in [0.29, 0.717) is 5.78 Å². The Bertz CT molecular complexity index is 150. The zero-order valence-electron chi connectivity index (χ0n) is 8.71. The minimum absolute atomic E-state index is 0.305. The van der Waals surface area contributed by atoms with E-state index in [0.717, 1.165) is 19.3 Å². The molecule has 0 bridgehead atoms. The van der Waals surface area contributed by atoms with Crippen molar-refractivity contribution in [3.63, 3.8) is 0 Å². The molecule has 2 heteroatoms. The van der Waals surface area contributed by atoms with Crippen LogP contribution in [0.1, 0.15) is 45.4 Å². The average molecular weight is 184 g/mol. The molecule has 2 nitrogen and oxygen atoms in total. The fourth-order valence-electron chi connectivity index (χ4n) is 1.15. The highest BCUT2D eigenvalue weighted by Gasteiger charge is 1.92. The van der Waals surface area contributed by atoms with Crippen LogP contribution in [0.5, 0.6) is 0 Å². The van der Waals surface area contributed by atoms with Crippen LogP contribution < -0.4 is 0 Å². The van der Waals surface area contributed by atoms with E-state index in [2.05, 4.69) is 0 Å². The van der Waals surface area contributed by atoms with Crippen molar-refractivity contribution in [3.05, 3.63) is 12.3 Å². The second kappa shape index (κ2) is 9.30. The van der Waals surface area contributed by atoms with Gasteiger partial charge in [0.15, 0.2) is 0 Å². The first-order valence-electron chi connectivity index (χ1n) is 4.94. The molecular weight excluding hydrogens is 164 g/mol. The van der Waals surface area contributed by atoms with Crippen molar-refractivity contribution >= 4 is 5.78 Å². The third kappa shape index (κ3) is 11.2. The zero-order chi connectivity index (χ0) is 9.94. The smallest absolute Gasteiger partial charge is 0.129 e. The van der Waals surface area contributed by atoms with Crippen LogP contribution in [-0.2, 0) is 9.53 Å². The summed E-state index contributed by atoms with van der Waals surface area (Å²) in [4.78, 5) is 10.6. The van der Waals surface area contributed by atoms with Crippen LogP contribution in [0.4, 0.5) is 0 Å². The Morgan fingerprint density at radius 1 is 1.23 bits per heavy atom. The van der Waals surface area contributed by atoms with Gasteiger partial charge in [0.1, 0.15) is 5.78 Å². The normalized spacial score (nSPS) is 10.6. The molecule has 0 aliphatic rings. The SMILES string of the molecule is COC=CCCCCCCC(C)=O. The number of carbonyl (C=O) groups is 1. The number of methoxy groups -OCH3 is 1. The maximum Gasteiger partial charge on any atom is 0.129 e. The third-order valence-electron chi connectivity index (χ3n) is 1.88. The molecule has 0 rings (SSSR count). The minimum Gasteiger partial charge on any atom is -0.505 e. The van der Waals surface area contributed by atoms with E-state index in [1.54, 1.807) is 20.3 Å². The molecule has 0 atom stereocenters. The summed E-state index contributed by atoms with van der Waals surface area (Å²) in [5.74, 6) is 0.305. The molecule has 0 aromatic heterocycles. The van der Waals surface area contributed by atoms with E-state index < -0.39 is 0 Å². The molecule has 0 aliphatic carbocycles. The van der Waals surface area contributed by atoms with Crippen LogP contribution in [0.15, 0.2) is 12.3 Å². The van der Waals surface area contributed by atoms with Gasteiger partial charge in [-0.2, -0.15) is 0 Å². The fraction of sp³-hybridized carbons (Fsp3) is 0.727. The molecule has 0 heterocycles. The average Bonchev–Trinajstić information content (AvgIpc) is 2.09. The molecule has 76 valence electrons. The Hall–Kier alpha value is -0.790. The van der Waals surface area contributed by atoms with E-state index in [1.165, 1.54) is 19.3 Å². The maximum absolute atomic E-state index is 10.6. The molecule has 0 unspecified atom stereocenters. The Morgan fingerprint density at radius 2 is 1.92 bits per heavy atom. The highest BCUT2D eigenvalue weighted by Crippen LogP contribution is 2.05. The number of unbranched alkanes of at least 4 members (excludes halogenated alkanes) is 4. The van der Waals surface area contributed by atoms with Gasteiger partial charge in [0, 0.05) is 6.42 Å². The summed E-state index contributed by atoms with van der Waals surface area (Å²) in [5, 5.41) is 0. The molecule has 0 amide bonds. The number of Topliss-reactive ketones (excluding diaryl/α,β-unsaturated/α-hetero) is 1. The summed E-state index contributed by atoms with van der Waals surface area (Å²) in [6.45, 7) is 1.65. The zero-order valence-corrected chi connectivity index (χ0v) is 8.71. The maximum atomic E-state index is 10.6. The van der Waals surface area contributed by atoms with E-state index in [4.69, 9.17) is 4.74 Å². The van der Waals surface area contributed by atoms with Crippen molar-refractivity contribution in [1.82, 2.24) is 0 Å². The van der Waals surface area contributed by atoms with Gasteiger partial charge in [-0.1, -0.05) is 12.8 Å². The number of allylic oxidation sites excluding steroid dienone is 1. The van der Waals surface area contributed by atoms with Crippen molar-refractivity contribution in [2.24, 2.45) is 0 Å². The van der Waals surface area contributed by atoms with Crippen LogP contribution in [0.25, 0.3) is 0 Å². The summed E-state index contributed by atoms with van der Waals surface area (Å²) in [6, 6.07) is 0. The van der Waals surface area contributed by atoms with Crippen molar-refractivity contribution in [2.45, 2.75) is 45.4 Å². The summed E-state index contributed by atoms with van der Waals surface area (Å²) in [7, 11) is 1.66. The molecular formula is C11H20O2. The molecule has 0 N–H and O–H groups in total. The lowest BCUT2D eigenvalue weighted by molar-refractivity contribution is -0.117. The van der Waals surface area contributed by atoms with Gasteiger partial charge in [0.05, 0.1) is 13.4 Å². The summed E-state index contributed by atoms with van der Waals surface area (Å²) >= 11 is 0. The number of carbonyl (C=O) groups excluding carboxylic acids is 1. The molecule has 13 heavy (non-hydrogen) atoms. The Morgan fingerprint density at radius 3 is 2.54 bits per heavy atom. The first-order valence-corrected chi connectivity index (χ1v) is 4.94. The number of ether oxygens (including phenoxy) is 1. The van der Waals surface area contributed by atoms with Crippen LogP contribution in [0.3, 0.4) is 0 Å². The lowest BCUT2D eigenvalue weighted by Gasteiger charge is -1.97. The van der Waals surface area contributed by atoms with Gasteiger partial charge in [-0.05, 0) is 32.3 Å². The van der Waals surface area contributed by atoms with Crippen LogP contribution in [0.2, 0.25) is 0 Å². The van der Waals surface area contributed by atoms with Crippen LogP contribution >= 0.6 is 0 Å². The van der Waals surface area contributed by atoms with E-state index in [9.17, 15) is 4.79 Å². The van der Waals surface area contributed by atoms with Gasteiger partial charge in [0.2, 0.25) is 0 Å². The highest BCUT2D eigenvalue weighted by atomic mass is 16.5. The number of rotatable bonds is 8. The van der Waals surface area contributed by atoms with E-state index in [-0.39, 0.29) is 0 Å². The predicted octanol–water partition coefficient (Wildman–Crippen LogP) is 3.08. The fourth-order valence-corrected chi connectivity index (χ4v) is 1.15. The lowest BCUT2D eigenvalue weighted by atomic mass is 10.1. The van der Waals surface area contributed by atoms with Gasteiger partial charge in [0.25, 0.3) is 0 Å². The van der Waals surface area contributed by atoms with Crippen molar-refractivity contribution in [3.8, 4) is 0 Å². The highest BCUT2D eigenvalue weighted by molar-refractivity contribution is 5.75. The summed E-state index contributed by atoms with van der Waals surface area (Å²) < 4.78 is 4.78. The standard InChI is InChI=1S/C11H20O2/c1-11(12)9-7-5-3-4-6-8-10-13-2/h8,10H,3-7,9H2,1-2H3. The largest absolute Gasteiger partial charge is 0.505 e. The van der Waals surface area contributed by atoms with Gasteiger partial charge in [-0.25, -0.2) is 0 Å². The van der Waals surface area contributed by atoms with Crippen LogP contribution in [-0.4, -0.2) is 12.9 Å². The Labute approximate surface area is 81.0 Å². The molecule has 0 radical (unpaired) electrons. The first kappa shape index (κ1) is 12.2. The van der Waals surface area contributed by atoms with Gasteiger partial charge >= 0.3 is 0 Å². The van der Waals surface area contributed by atoms with Gasteiger partial charge in [-0.15, -0.1) is 0 Å². The van der Waals surface area contributed by atoms with Crippen LogP contribution in [0, 0.1) is 0 Å². The molecule has 0 fully saturated rings. The monoisotopic (exact) mass is 184 g/mol. The number of hydrogen-bond acceptors (Lipinski definition) is 2. The topological polar surface area (TPSA) is 26.3 Å². The Balaban J connectivity index is 2.99. The van der Waals surface area contributed by atoms with E-state index >= 15 is 0 Å². The molecule has 0 aliphatic heterocycles. The molecule has 0 saturated heterocycles. The third-order valence-corrected chi connectivity index (χ3v) is 1.88. The van der Waals surface area contributed by atoms with Gasteiger partial charge < -0.3 is 9.53 Å². The Kier molecular flexibility index (Phi) is 8.73. The molecule has 0 saturated carbocycles. The quantitative estimate of drug-likeness (QED) is 0.428. The molecule has 0 aromatic carbocycles. The first-order chi connectivity index (χ1) is 6.27. The predicted molar refractivity (Wildman–Crippen MR) is 54.5 cm³/mol. The lowest BCUT2D eigenvalue weighted by Crippen LogP contribution is -1.88. The van der Waals surface area contributed by atoms with E-state index in [1.807, 2.05) is 6.08 Å². The number of hydrogen-bond donors (Lipinski definition) is 0. The van der Waals surface area contributed by atoms with Crippen molar-refractivity contribution < 1.29 is 9.53 Å². The second-order valence-electron chi connectivity index (χ2n) is 3.26. The van der Waals surface area contributed by atoms with Gasteiger partial charge in [-0.3, -0.25) is 0 Å². The molecule has 0 aromatic rings. The molecule has 0 spiro atoms. The minimum atomic E-state index is 0.305.